The third-order valence-electron chi connectivity index (χ3n) is 1.78. The van der Waals surface area contributed by atoms with E-state index in [0.29, 0.717) is 0 Å². The van der Waals surface area contributed by atoms with Gasteiger partial charge in [0.05, 0.1) is 13.2 Å². The van der Waals surface area contributed by atoms with E-state index in [1.807, 2.05) is 0 Å². The van der Waals surface area contributed by atoms with Crippen LogP contribution in [0.2, 0.25) is 5.15 Å². The highest BCUT2D eigenvalue weighted by molar-refractivity contribution is 6.29. The maximum atomic E-state index is 5.44. The largest absolute Gasteiger partial charge is 0.383 e. The Kier molecular flexibility index (Phi) is 5.20. The molecule has 0 aromatic carbocycles. The monoisotopic (exact) mass is 246 g/mol. The van der Waals surface area contributed by atoms with Gasteiger partial charge in [-0.25, -0.2) is 9.99 Å². The number of ether oxygens (including phenoxy) is 1. The SMILES string of the molecule is NN1CCOCC1.Nc1cc(Cl)nc(N)n1. The molecule has 0 radical (unpaired) electrons. The molecule has 90 valence electrons. The summed E-state index contributed by atoms with van der Waals surface area (Å²) < 4.78 is 5.02. The molecule has 0 spiro atoms. The Morgan fingerprint density at radius 1 is 1.25 bits per heavy atom. The second-order valence-electron chi connectivity index (χ2n) is 3.12. The molecule has 0 aliphatic carbocycles. The number of aromatic nitrogens is 2. The molecule has 1 aromatic heterocycles. The van der Waals surface area contributed by atoms with Gasteiger partial charge in [-0.2, -0.15) is 4.98 Å². The molecule has 2 heterocycles. The number of halogens is 1. The maximum Gasteiger partial charge on any atom is 0.223 e. The number of hydrogen-bond acceptors (Lipinski definition) is 7. The van der Waals surface area contributed by atoms with E-state index >= 15 is 0 Å². The Hall–Kier alpha value is -1.15. The van der Waals surface area contributed by atoms with Gasteiger partial charge in [0, 0.05) is 19.2 Å². The van der Waals surface area contributed by atoms with E-state index < -0.39 is 0 Å². The minimum atomic E-state index is 0.0972. The predicted molar refractivity (Wildman–Crippen MR) is 62.4 cm³/mol. The minimum Gasteiger partial charge on any atom is -0.383 e. The summed E-state index contributed by atoms with van der Waals surface area (Å²) in [5, 5.41) is 2.03. The highest BCUT2D eigenvalue weighted by Gasteiger charge is 2.02. The first-order chi connectivity index (χ1) is 7.58. The van der Waals surface area contributed by atoms with Crippen molar-refractivity contribution < 1.29 is 4.74 Å². The molecule has 1 aliphatic rings. The summed E-state index contributed by atoms with van der Waals surface area (Å²) in [6, 6.07) is 1.43. The van der Waals surface area contributed by atoms with Crippen LogP contribution in [-0.2, 0) is 4.74 Å². The fourth-order valence-corrected chi connectivity index (χ4v) is 1.23. The van der Waals surface area contributed by atoms with Gasteiger partial charge in [0.2, 0.25) is 5.95 Å². The van der Waals surface area contributed by atoms with Crippen LogP contribution in [0.4, 0.5) is 11.8 Å². The molecule has 7 nitrogen and oxygen atoms in total. The summed E-state index contributed by atoms with van der Waals surface area (Å²) in [5.41, 5.74) is 10.4. The fraction of sp³-hybridized carbons (Fsp3) is 0.500. The van der Waals surface area contributed by atoms with Crippen molar-refractivity contribution in [2.45, 2.75) is 0 Å². The first kappa shape index (κ1) is 12.9. The number of morpholine rings is 1. The van der Waals surface area contributed by atoms with Crippen molar-refractivity contribution in [2.75, 3.05) is 37.8 Å². The number of rotatable bonds is 0. The van der Waals surface area contributed by atoms with Crippen molar-refractivity contribution in [2.24, 2.45) is 5.84 Å². The molecule has 0 unspecified atom stereocenters. The van der Waals surface area contributed by atoms with Crippen LogP contribution < -0.4 is 17.3 Å². The first-order valence-electron chi connectivity index (χ1n) is 4.71. The zero-order valence-corrected chi connectivity index (χ0v) is 9.52. The highest BCUT2D eigenvalue weighted by Crippen LogP contribution is 2.08. The predicted octanol–water partition coefficient (Wildman–Crippen LogP) is -0.513. The normalized spacial score (nSPS) is 16.4. The molecule has 2 rings (SSSR count). The van der Waals surface area contributed by atoms with Gasteiger partial charge in [-0.3, -0.25) is 5.84 Å². The third-order valence-corrected chi connectivity index (χ3v) is 1.97. The van der Waals surface area contributed by atoms with E-state index in [1.54, 1.807) is 5.01 Å². The smallest absolute Gasteiger partial charge is 0.223 e. The fourth-order valence-electron chi connectivity index (χ4n) is 1.03. The van der Waals surface area contributed by atoms with Gasteiger partial charge in [-0.05, 0) is 0 Å². The molecular weight excluding hydrogens is 232 g/mol. The Bertz CT molecular complexity index is 280. The van der Waals surface area contributed by atoms with Crippen LogP contribution in [0.25, 0.3) is 0 Å². The van der Waals surface area contributed by atoms with Crippen LogP contribution in [0.1, 0.15) is 0 Å². The second kappa shape index (κ2) is 6.44. The van der Waals surface area contributed by atoms with Crippen molar-refractivity contribution in [3.63, 3.8) is 0 Å². The number of nitrogens with zero attached hydrogens (tertiary/aromatic N) is 3. The molecule has 0 saturated carbocycles. The van der Waals surface area contributed by atoms with E-state index in [4.69, 9.17) is 33.6 Å². The molecule has 0 atom stereocenters. The van der Waals surface area contributed by atoms with Crippen LogP contribution in [0.5, 0.6) is 0 Å². The van der Waals surface area contributed by atoms with Crippen molar-refractivity contribution in [1.29, 1.82) is 0 Å². The number of hydrazine groups is 1. The molecule has 0 bridgehead atoms. The molecular formula is C8H15ClN6O. The van der Waals surface area contributed by atoms with E-state index in [2.05, 4.69) is 9.97 Å². The Morgan fingerprint density at radius 2 is 1.88 bits per heavy atom. The van der Waals surface area contributed by atoms with Gasteiger partial charge < -0.3 is 16.2 Å². The van der Waals surface area contributed by atoms with Gasteiger partial charge >= 0.3 is 0 Å². The average molecular weight is 247 g/mol. The molecule has 0 amide bonds. The van der Waals surface area contributed by atoms with Crippen LogP contribution in [-0.4, -0.2) is 41.3 Å². The molecule has 6 N–H and O–H groups in total. The molecule has 8 heteroatoms. The Labute approximate surface area is 98.5 Å². The van der Waals surface area contributed by atoms with Gasteiger partial charge in [0.15, 0.2) is 0 Å². The standard InChI is InChI=1S/C4H5ClN4.C4H10N2O/c5-2-1-3(6)9-4(7)8-2;5-6-1-3-7-4-2-6/h1H,(H4,6,7,8,9);1-5H2. The van der Waals surface area contributed by atoms with E-state index in [9.17, 15) is 0 Å². The Morgan fingerprint density at radius 3 is 2.25 bits per heavy atom. The van der Waals surface area contributed by atoms with E-state index in [-0.39, 0.29) is 16.9 Å². The quantitative estimate of drug-likeness (QED) is 0.417. The lowest BCUT2D eigenvalue weighted by Crippen LogP contribution is -2.41. The van der Waals surface area contributed by atoms with Crippen molar-refractivity contribution >= 4 is 23.4 Å². The molecule has 1 aliphatic heterocycles. The third kappa shape index (κ3) is 5.08. The van der Waals surface area contributed by atoms with E-state index in [1.165, 1.54) is 6.07 Å². The number of nitrogens with two attached hydrogens (primary N) is 3. The number of hydrogen-bond donors (Lipinski definition) is 3. The van der Waals surface area contributed by atoms with Gasteiger partial charge in [0.25, 0.3) is 0 Å². The minimum absolute atomic E-state index is 0.0972. The maximum absolute atomic E-state index is 5.44. The summed E-state index contributed by atoms with van der Waals surface area (Å²) >= 11 is 5.44. The van der Waals surface area contributed by atoms with Crippen LogP contribution in [0, 0.1) is 0 Å². The zero-order chi connectivity index (χ0) is 12.0. The second-order valence-corrected chi connectivity index (χ2v) is 3.51. The van der Waals surface area contributed by atoms with Crippen molar-refractivity contribution in [1.82, 2.24) is 15.0 Å². The summed E-state index contributed by atoms with van der Waals surface area (Å²) in [6.07, 6.45) is 0. The summed E-state index contributed by atoms with van der Waals surface area (Å²) in [5.74, 6) is 5.77. The zero-order valence-electron chi connectivity index (χ0n) is 8.77. The van der Waals surface area contributed by atoms with Crippen molar-refractivity contribution in [3.05, 3.63) is 11.2 Å². The molecule has 16 heavy (non-hydrogen) atoms. The topological polar surface area (TPSA) is 116 Å². The van der Waals surface area contributed by atoms with Crippen molar-refractivity contribution in [3.8, 4) is 0 Å². The van der Waals surface area contributed by atoms with Gasteiger partial charge in [0.1, 0.15) is 11.0 Å². The highest BCUT2D eigenvalue weighted by atomic mass is 35.5. The lowest BCUT2D eigenvalue weighted by molar-refractivity contribution is 0.0378. The lowest BCUT2D eigenvalue weighted by Gasteiger charge is -2.20. The van der Waals surface area contributed by atoms with Crippen LogP contribution in [0.15, 0.2) is 6.07 Å². The lowest BCUT2D eigenvalue weighted by atomic mass is 10.5. The molecule has 1 saturated heterocycles. The summed E-state index contributed by atoms with van der Waals surface area (Å²) in [7, 11) is 0. The van der Waals surface area contributed by atoms with Gasteiger partial charge in [-0.15, -0.1) is 0 Å². The molecule has 1 fully saturated rings. The summed E-state index contributed by atoms with van der Waals surface area (Å²) in [6.45, 7) is 3.33. The first-order valence-corrected chi connectivity index (χ1v) is 5.08. The molecule has 1 aromatic rings. The average Bonchev–Trinajstić information content (AvgIpc) is 2.17. The number of anilines is 2. The van der Waals surface area contributed by atoms with E-state index in [0.717, 1.165) is 26.3 Å². The van der Waals surface area contributed by atoms with Crippen LogP contribution in [0.3, 0.4) is 0 Å². The van der Waals surface area contributed by atoms with Gasteiger partial charge in [-0.1, -0.05) is 11.6 Å². The number of nitrogen functional groups attached to an aromatic ring is 2. The summed E-state index contributed by atoms with van der Waals surface area (Å²) in [4.78, 5) is 7.18. The Balaban J connectivity index is 0.000000165. The van der Waals surface area contributed by atoms with Crippen LogP contribution >= 0.6 is 11.6 Å².